The van der Waals surface area contributed by atoms with Crippen molar-refractivity contribution in [3.8, 4) is 0 Å². The van der Waals surface area contributed by atoms with Crippen LogP contribution in [0.25, 0.3) is 10.8 Å². The lowest BCUT2D eigenvalue weighted by atomic mass is 9.72. The van der Waals surface area contributed by atoms with Gasteiger partial charge < -0.3 is 5.11 Å². The molecule has 1 fully saturated rings. The molecule has 2 aromatic carbocycles. The van der Waals surface area contributed by atoms with Crippen molar-refractivity contribution in [1.29, 1.82) is 0 Å². The van der Waals surface area contributed by atoms with Crippen molar-refractivity contribution in [3.63, 3.8) is 0 Å². The standard InChI is InChI=1S/C22H28O/c1-2-16-17-10-4-5-11-18(17)19-12-6-7-13-20(19)21(16)22(23)14-8-3-9-15-22/h6-7,12-13,23H,2-5,8-11,14-15H2,1H3. The first-order valence-corrected chi connectivity index (χ1v) is 9.53. The van der Waals surface area contributed by atoms with E-state index in [2.05, 4.69) is 31.2 Å². The third-order valence-electron chi connectivity index (χ3n) is 6.16. The van der Waals surface area contributed by atoms with Gasteiger partial charge in [-0.25, -0.2) is 0 Å². The second-order valence-corrected chi connectivity index (χ2v) is 7.51. The van der Waals surface area contributed by atoms with E-state index < -0.39 is 5.60 Å². The van der Waals surface area contributed by atoms with Gasteiger partial charge in [0, 0.05) is 0 Å². The van der Waals surface area contributed by atoms with E-state index in [9.17, 15) is 5.11 Å². The van der Waals surface area contributed by atoms with Gasteiger partial charge in [-0.15, -0.1) is 0 Å². The maximum atomic E-state index is 11.6. The molecule has 2 aliphatic carbocycles. The van der Waals surface area contributed by atoms with Gasteiger partial charge in [0.2, 0.25) is 0 Å². The van der Waals surface area contributed by atoms with Crippen molar-refractivity contribution < 1.29 is 5.11 Å². The largest absolute Gasteiger partial charge is 0.385 e. The Morgan fingerprint density at radius 1 is 0.870 bits per heavy atom. The van der Waals surface area contributed by atoms with Crippen LogP contribution in [0.3, 0.4) is 0 Å². The van der Waals surface area contributed by atoms with Crippen LogP contribution >= 0.6 is 0 Å². The number of fused-ring (bicyclic) bond motifs is 3. The van der Waals surface area contributed by atoms with E-state index in [-0.39, 0.29) is 0 Å². The van der Waals surface area contributed by atoms with Gasteiger partial charge in [0.15, 0.2) is 0 Å². The number of aryl methyl sites for hydroxylation is 1. The Morgan fingerprint density at radius 3 is 2.22 bits per heavy atom. The number of hydrogen-bond donors (Lipinski definition) is 1. The van der Waals surface area contributed by atoms with E-state index >= 15 is 0 Å². The van der Waals surface area contributed by atoms with Crippen molar-refractivity contribution in [2.75, 3.05) is 0 Å². The molecule has 0 amide bonds. The van der Waals surface area contributed by atoms with Gasteiger partial charge in [0.25, 0.3) is 0 Å². The summed E-state index contributed by atoms with van der Waals surface area (Å²) in [6, 6.07) is 8.85. The normalized spacial score (nSPS) is 20.4. The van der Waals surface area contributed by atoms with Crippen molar-refractivity contribution in [2.45, 2.75) is 76.7 Å². The minimum atomic E-state index is -0.602. The van der Waals surface area contributed by atoms with Crippen LogP contribution in [-0.2, 0) is 24.9 Å². The van der Waals surface area contributed by atoms with Gasteiger partial charge in [-0.1, -0.05) is 50.5 Å². The minimum absolute atomic E-state index is 0.602. The number of hydrogen-bond acceptors (Lipinski definition) is 1. The van der Waals surface area contributed by atoms with Gasteiger partial charge >= 0.3 is 0 Å². The van der Waals surface area contributed by atoms with Crippen LogP contribution < -0.4 is 0 Å². The molecule has 0 saturated heterocycles. The molecule has 0 aromatic heterocycles. The lowest BCUT2D eigenvalue weighted by molar-refractivity contribution is -0.0000565. The van der Waals surface area contributed by atoms with E-state index in [1.54, 1.807) is 11.1 Å². The molecular weight excluding hydrogens is 280 g/mol. The quantitative estimate of drug-likeness (QED) is 0.784. The summed E-state index contributed by atoms with van der Waals surface area (Å²) in [6.07, 6.45) is 11.5. The topological polar surface area (TPSA) is 20.2 Å². The molecule has 2 aromatic rings. The molecule has 1 nitrogen and oxygen atoms in total. The number of aliphatic hydroxyl groups is 1. The van der Waals surface area contributed by atoms with Crippen LogP contribution in [0.4, 0.5) is 0 Å². The fourth-order valence-electron chi connectivity index (χ4n) is 5.12. The fraction of sp³-hybridized carbons (Fsp3) is 0.545. The highest BCUT2D eigenvalue weighted by Gasteiger charge is 2.36. The first kappa shape index (κ1) is 15.2. The Hall–Kier alpha value is -1.34. The zero-order chi connectivity index (χ0) is 15.9. The average Bonchev–Trinajstić information content (AvgIpc) is 2.61. The molecule has 122 valence electrons. The van der Waals surface area contributed by atoms with E-state index in [4.69, 9.17) is 0 Å². The highest BCUT2D eigenvalue weighted by atomic mass is 16.3. The first-order chi connectivity index (χ1) is 11.2. The van der Waals surface area contributed by atoms with Crippen molar-refractivity contribution in [3.05, 3.63) is 46.5 Å². The molecule has 1 N–H and O–H groups in total. The summed E-state index contributed by atoms with van der Waals surface area (Å²) in [5.74, 6) is 0. The predicted octanol–water partition coefficient (Wildman–Crippen LogP) is 5.43. The minimum Gasteiger partial charge on any atom is -0.385 e. The number of rotatable bonds is 2. The summed E-state index contributed by atoms with van der Waals surface area (Å²) in [4.78, 5) is 0. The summed E-state index contributed by atoms with van der Waals surface area (Å²) >= 11 is 0. The third kappa shape index (κ3) is 2.41. The number of benzene rings is 2. The third-order valence-corrected chi connectivity index (χ3v) is 6.16. The molecule has 0 aliphatic heterocycles. The van der Waals surface area contributed by atoms with Crippen LogP contribution in [0.2, 0.25) is 0 Å². The molecule has 1 saturated carbocycles. The molecule has 0 heterocycles. The Kier molecular flexibility index (Phi) is 3.93. The van der Waals surface area contributed by atoms with Gasteiger partial charge in [-0.05, 0) is 78.0 Å². The van der Waals surface area contributed by atoms with Crippen LogP contribution in [0.15, 0.2) is 24.3 Å². The van der Waals surface area contributed by atoms with Gasteiger partial charge in [-0.2, -0.15) is 0 Å². The zero-order valence-electron chi connectivity index (χ0n) is 14.3. The van der Waals surface area contributed by atoms with Gasteiger partial charge in [0.1, 0.15) is 0 Å². The first-order valence-electron chi connectivity index (χ1n) is 9.53. The Bertz CT molecular complexity index is 722. The monoisotopic (exact) mass is 308 g/mol. The molecule has 0 spiro atoms. The second kappa shape index (κ2) is 5.94. The highest BCUT2D eigenvalue weighted by Crippen LogP contribution is 2.45. The fourth-order valence-corrected chi connectivity index (χ4v) is 5.12. The summed E-state index contributed by atoms with van der Waals surface area (Å²) < 4.78 is 0. The highest BCUT2D eigenvalue weighted by molar-refractivity contribution is 5.92. The summed E-state index contributed by atoms with van der Waals surface area (Å²) in [5.41, 5.74) is 5.31. The average molecular weight is 308 g/mol. The summed E-state index contributed by atoms with van der Waals surface area (Å²) in [6.45, 7) is 2.27. The van der Waals surface area contributed by atoms with Crippen LogP contribution in [0.1, 0.15) is 74.1 Å². The van der Waals surface area contributed by atoms with Crippen LogP contribution in [0.5, 0.6) is 0 Å². The molecule has 1 heteroatoms. The van der Waals surface area contributed by atoms with Crippen molar-refractivity contribution in [2.24, 2.45) is 0 Å². The Balaban J connectivity index is 2.05. The van der Waals surface area contributed by atoms with Crippen molar-refractivity contribution in [1.82, 2.24) is 0 Å². The molecule has 2 aliphatic rings. The molecule has 4 rings (SSSR count). The lowest BCUT2D eigenvalue weighted by Gasteiger charge is -2.37. The maximum absolute atomic E-state index is 11.6. The molecule has 0 radical (unpaired) electrons. The van der Waals surface area contributed by atoms with Crippen LogP contribution in [-0.4, -0.2) is 5.11 Å². The van der Waals surface area contributed by atoms with E-state index in [0.29, 0.717) is 0 Å². The molecule has 0 unspecified atom stereocenters. The molecular formula is C22H28O. The SMILES string of the molecule is CCc1c2c(c3ccccc3c1C1(O)CCCCC1)CCCC2. The maximum Gasteiger partial charge on any atom is 0.0905 e. The predicted molar refractivity (Wildman–Crippen MR) is 96.9 cm³/mol. The summed E-state index contributed by atoms with van der Waals surface area (Å²) in [7, 11) is 0. The van der Waals surface area contributed by atoms with Crippen molar-refractivity contribution >= 4 is 10.8 Å². The second-order valence-electron chi connectivity index (χ2n) is 7.51. The molecule has 0 bridgehead atoms. The summed E-state index contributed by atoms with van der Waals surface area (Å²) in [5, 5.41) is 14.3. The molecule has 0 atom stereocenters. The zero-order valence-corrected chi connectivity index (χ0v) is 14.3. The van der Waals surface area contributed by atoms with Gasteiger partial charge in [0.05, 0.1) is 5.60 Å². The van der Waals surface area contributed by atoms with E-state index in [1.165, 1.54) is 54.0 Å². The van der Waals surface area contributed by atoms with Crippen LogP contribution in [0, 0.1) is 0 Å². The van der Waals surface area contributed by atoms with E-state index in [1.807, 2.05) is 0 Å². The Morgan fingerprint density at radius 2 is 1.52 bits per heavy atom. The lowest BCUT2D eigenvalue weighted by Crippen LogP contribution is -2.31. The smallest absolute Gasteiger partial charge is 0.0905 e. The van der Waals surface area contributed by atoms with Gasteiger partial charge in [-0.3, -0.25) is 0 Å². The van der Waals surface area contributed by atoms with E-state index in [0.717, 1.165) is 32.1 Å². The Labute approximate surface area is 139 Å². The molecule has 23 heavy (non-hydrogen) atoms.